The predicted molar refractivity (Wildman–Crippen MR) is 46.3 cm³/mol. The average molecular weight is 162 g/mol. The van der Waals surface area contributed by atoms with Gasteiger partial charge in [0.15, 0.2) is 0 Å². The summed E-state index contributed by atoms with van der Waals surface area (Å²) < 4.78 is 0. The number of hydrogen-bond donors (Lipinski definition) is 0. The molecule has 2 heterocycles. The molecule has 0 radical (unpaired) electrons. The molecule has 0 saturated carbocycles. The number of rotatable bonds is 1. The molecule has 2 aromatic rings. The molecule has 0 N–H and O–H groups in total. The van der Waals surface area contributed by atoms with Gasteiger partial charge in [0.2, 0.25) is 0 Å². The van der Waals surface area contributed by atoms with Gasteiger partial charge in [-0.05, 0) is 17.8 Å². The maximum absolute atomic E-state index is 4.17. The summed E-state index contributed by atoms with van der Waals surface area (Å²) in [6.07, 6.45) is 4.52. The second-order valence-corrected chi connectivity index (χ2v) is 2.37. The summed E-state index contributed by atoms with van der Waals surface area (Å²) >= 11 is 0. The van der Waals surface area contributed by atoms with E-state index >= 15 is 0 Å². The van der Waals surface area contributed by atoms with Crippen LogP contribution in [0.4, 0.5) is 0 Å². The van der Waals surface area contributed by atoms with Crippen molar-refractivity contribution in [2.45, 2.75) is 0 Å². The van der Waals surface area contributed by atoms with Crippen molar-refractivity contribution in [3.05, 3.63) is 48.8 Å². The van der Waals surface area contributed by atoms with E-state index in [9.17, 15) is 0 Å². The molecule has 0 aliphatic carbocycles. The summed E-state index contributed by atoms with van der Waals surface area (Å²) in [4.78, 5) is 8.23. The Hall–Kier alpha value is -1.10. The van der Waals surface area contributed by atoms with Crippen LogP contribution in [0, 0.1) is 6.20 Å². The molecule has 2 aromatic heterocycles. The molecule has 0 bridgehead atoms. The molecule has 0 spiro atoms. The Labute approximate surface area is 89.2 Å². The summed E-state index contributed by atoms with van der Waals surface area (Å²) in [5.74, 6) is 0. The summed E-state index contributed by atoms with van der Waals surface area (Å²) in [7, 11) is 0. The van der Waals surface area contributed by atoms with E-state index in [2.05, 4.69) is 16.2 Å². The van der Waals surface area contributed by atoms with Crippen LogP contribution in [-0.4, -0.2) is 9.97 Å². The zero-order valence-electron chi connectivity index (χ0n) is 7.44. The molecule has 0 saturated heterocycles. The molecule has 2 rings (SSSR count). The van der Waals surface area contributed by atoms with E-state index in [1.807, 2.05) is 30.3 Å². The van der Waals surface area contributed by atoms with Crippen LogP contribution in [0.1, 0.15) is 0 Å². The summed E-state index contributed by atoms with van der Waals surface area (Å²) in [6, 6.07) is 11.3. The predicted octanol–water partition coefficient (Wildman–Crippen LogP) is -1.05. The third-order valence-electron chi connectivity index (χ3n) is 1.54. The molecular weight excluding hydrogens is 155 g/mol. The Morgan fingerprint density at radius 3 is 2.46 bits per heavy atom. The van der Waals surface area contributed by atoms with E-state index in [0.29, 0.717) is 0 Å². The van der Waals surface area contributed by atoms with Crippen LogP contribution >= 0.6 is 0 Å². The normalized spacial score (nSPS) is 8.92. The SMILES string of the molecule is [Li+].[c-]1cccc(-c2ccccn2)n1. The van der Waals surface area contributed by atoms with Crippen molar-refractivity contribution in [2.75, 3.05) is 0 Å². The minimum absolute atomic E-state index is 0. The smallest absolute Gasteiger partial charge is 0.385 e. The Morgan fingerprint density at radius 2 is 1.85 bits per heavy atom. The maximum Gasteiger partial charge on any atom is 1.00 e. The number of nitrogens with zero attached hydrogens (tertiary/aromatic N) is 2. The van der Waals surface area contributed by atoms with Crippen molar-refractivity contribution in [3.63, 3.8) is 0 Å². The van der Waals surface area contributed by atoms with Crippen LogP contribution in [-0.2, 0) is 0 Å². The standard InChI is InChI=1S/C10H7N2.Li/c1-3-7-11-9(5-1)10-6-2-4-8-12-10;/h1-7H;/q-1;+1. The topological polar surface area (TPSA) is 25.8 Å². The van der Waals surface area contributed by atoms with Gasteiger partial charge in [0.05, 0.1) is 0 Å². The number of pyridine rings is 2. The van der Waals surface area contributed by atoms with E-state index < -0.39 is 0 Å². The van der Waals surface area contributed by atoms with Gasteiger partial charge in [-0.3, -0.25) is 4.98 Å². The van der Waals surface area contributed by atoms with Gasteiger partial charge < -0.3 is 4.98 Å². The van der Waals surface area contributed by atoms with Crippen molar-refractivity contribution in [1.82, 2.24) is 9.97 Å². The zero-order valence-corrected chi connectivity index (χ0v) is 7.44. The van der Waals surface area contributed by atoms with Crippen LogP contribution in [0.25, 0.3) is 11.4 Å². The number of aromatic nitrogens is 2. The summed E-state index contributed by atoms with van der Waals surface area (Å²) in [5, 5.41) is 0. The summed E-state index contributed by atoms with van der Waals surface area (Å²) in [5.41, 5.74) is 1.74. The van der Waals surface area contributed by atoms with Crippen molar-refractivity contribution in [3.8, 4) is 11.4 Å². The van der Waals surface area contributed by atoms with Gasteiger partial charge >= 0.3 is 18.9 Å². The second kappa shape index (κ2) is 4.81. The zero-order chi connectivity index (χ0) is 8.23. The molecule has 0 atom stereocenters. The molecule has 0 fully saturated rings. The monoisotopic (exact) mass is 162 g/mol. The first kappa shape index (κ1) is 9.98. The molecule has 13 heavy (non-hydrogen) atoms. The molecule has 2 nitrogen and oxygen atoms in total. The van der Waals surface area contributed by atoms with Crippen LogP contribution in [0.3, 0.4) is 0 Å². The molecule has 0 aliphatic heterocycles. The van der Waals surface area contributed by atoms with Crippen LogP contribution in [0.5, 0.6) is 0 Å². The van der Waals surface area contributed by atoms with Crippen molar-refractivity contribution < 1.29 is 18.9 Å². The van der Waals surface area contributed by atoms with Gasteiger partial charge in [-0.2, -0.15) is 12.1 Å². The van der Waals surface area contributed by atoms with Crippen LogP contribution in [0.2, 0.25) is 0 Å². The molecule has 0 aromatic carbocycles. The van der Waals surface area contributed by atoms with Gasteiger partial charge in [-0.15, -0.1) is 6.07 Å². The molecule has 0 amide bonds. The van der Waals surface area contributed by atoms with Crippen molar-refractivity contribution in [2.24, 2.45) is 0 Å². The second-order valence-electron chi connectivity index (χ2n) is 2.37. The number of hydrogen-bond acceptors (Lipinski definition) is 2. The van der Waals surface area contributed by atoms with E-state index in [1.165, 1.54) is 0 Å². The van der Waals surface area contributed by atoms with E-state index in [1.54, 1.807) is 12.3 Å². The fourth-order valence-corrected chi connectivity index (χ4v) is 0.983. The van der Waals surface area contributed by atoms with E-state index in [0.717, 1.165) is 11.4 Å². The first-order chi connectivity index (χ1) is 5.97. The van der Waals surface area contributed by atoms with E-state index in [-0.39, 0.29) is 18.9 Å². The van der Waals surface area contributed by atoms with Gasteiger partial charge in [-0.25, -0.2) is 0 Å². The Bertz CT molecular complexity index is 310. The van der Waals surface area contributed by atoms with Gasteiger partial charge in [-0.1, -0.05) is 12.3 Å². The van der Waals surface area contributed by atoms with Gasteiger partial charge in [0.25, 0.3) is 0 Å². The Kier molecular flexibility index (Phi) is 3.69. The third kappa shape index (κ3) is 2.42. The van der Waals surface area contributed by atoms with Crippen LogP contribution < -0.4 is 18.9 Å². The molecule has 0 aliphatic rings. The first-order valence-corrected chi connectivity index (χ1v) is 3.71. The quantitative estimate of drug-likeness (QED) is 0.395. The van der Waals surface area contributed by atoms with E-state index in [4.69, 9.17) is 0 Å². The Morgan fingerprint density at radius 1 is 1.00 bits per heavy atom. The minimum Gasteiger partial charge on any atom is -0.385 e. The van der Waals surface area contributed by atoms with Crippen molar-refractivity contribution >= 4 is 0 Å². The third-order valence-corrected chi connectivity index (χ3v) is 1.54. The molecule has 58 valence electrons. The average Bonchev–Trinajstić information content (AvgIpc) is 2.21. The molecule has 0 unspecified atom stereocenters. The minimum atomic E-state index is 0. The van der Waals surface area contributed by atoms with Crippen molar-refractivity contribution in [1.29, 1.82) is 0 Å². The van der Waals surface area contributed by atoms with Crippen LogP contribution in [0.15, 0.2) is 42.6 Å². The van der Waals surface area contributed by atoms with Gasteiger partial charge in [0, 0.05) is 11.9 Å². The molecule has 3 heteroatoms. The summed E-state index contributed by atoms with van der Waals surface area (Å²) in [6.45, 7) is 0. The van der Waals surface area contributed by atoms with Gasteiger partial charge in [0.1, 0.15) is 0 Å². The maximum atomic E-state index is 4.17. The fourth-order valence-electron chi connectivity index (χ4n) is 0.983. The largest absolute Gasteiger partial charge is 1.00 e. The fraction of sp³-hybridized carbons (Fsp3) is 0. The molecular formula is C10H7LiN2. The first-order valence-electron chi connectivity index (χ1n) is 3.71. The Balaban J connectivity index is 0.000000845.